The molecule has 0 unspecified atom stereocenters. The maximum absolute atomic E-state index is 5.85. The molecule has 0 radical (unpaired) electrons. The maximum Gasteiger partial charge on any atom is 0.191 e. The summed E-state index contributed by atoms with van der Waals surface area (Å²) in [5, 5.41) is 0. The van der Waals surface area contributed by atoms with Crippen LogP contribution in [-0.2, 0) is 11.3 Å². The van der Waals surface area contributed by atoms with E-state index in [9.17, 15) is 0 Å². The first kappa shape index (κ1) is 14.5. The predicted octanol–water partition coefficient (Wildman–Crippen LogP) is 1.86. The van der Waals surface area contributed by atoms with E-state index in [1.54, 1.807) is 0 Å². The Balaban J connectivity index is 2.20. The summed E-state index contributed by atoms with van der Waals surface area (Å²) < 4.78 is 5.54. The SMILES string of the molecule is CCN(CC)C(N)=NCCOCc1ccccc1. The summed E-state index contributed by atoms with van der Waals surface area (Å²) in [5.41, 5.74) is 7.03. The number of rotatable bonds is 7. The molecular formula is C14H23N3O. The van der Waals surface area contributed by atoms with Crippen molar-refractivity contribution in [2.45, 2.75) is 20.5 Å². The van der Waals surface area contributed by atoms with E-state index < -0.39 is 0 Å². The summed E-state index contributed by atoms with van der Waals surface area (Å²) in [7, 11) is 0. The lowest BCUT2D eigenvalue weighted by atomic mass is 10.2. The third-order valence-corrected chi connectivity index (χ3v) is 2.71. The number of nitrogens with zero attached hydrogens (tertiary/aromatic N) is 2. The van der Waals surface area contributed by atoms with Gasteiger partial charge in [-0.25, -0.2) is 0 Å². The second-order valence-electron chi connectivity index (χ2n) is 3.95. The quantitative estimate of drug-likeness (QED) is 0.456. The minimum absolute atomic E-state index is 0.594. The van der Waals surface area contributed by atoms with Crippen molar-refractivity contribution < 1.29 is 4.74 Å². The van der Waals surface area contributed by atoms with Crippen molar-refractivity contribution in [2.24, 2.45) is 10.7 Å². The maximum atomic E-state index is 5.85. The highest BCUT2D eigenvalue weighted by molar-refractivity contribution is 5.77. The van der Waals surface area contributed by atoms with Crippen molar-refractivity contribution in [2.75, 3.05) is 26.2 Å². The van der Waals surface area contributed by atoms with Crippen molar-refractivity contribution in [3.05, 3.63) is 35.9 Å². The molecule has 4 nitrogen and oxygen atoms in total. The first-order valence-corrected chi connectivity index (χ1v) is 6.44. The minimum atomic E-state index is 0.594. The fourth-order valence-electron chi connectivity index (χ4n) is 1.64. The van der Waals surface area contributed by atoms with Gasteiger partial charge in [0.2, 0.25) is 0 Å². The Morgan fingerprint density at radius 2 is 1.89 bits per heavy atom. The van der Waals surface area contributed by atoms with E-state index in [1.165, 1.54) is 5.56 Å². The number of aliphatic imine (C=N–C) groups is 1. The summed E-state index contributed by atoms with van der Waals surface area (Å²) >= 11 is 0. The van der Waals surface area contributed by atoms with Gasteiger partial charge in [0.15, 0.2) is 5.96 Å². The van der Waals surface area contributed by atoms with Gasteiger partial charge in [-0.1, -0.05) is 30.3 Å². The summed E-state index contributed by atoms with van der Waals surface area (Å²) in [4.78, 5) is 6.32. The fraction of sp³-hybridized carbons (Fsp3) is 0.500. The summed E-state index contributed by atoms with van der Waals surface area (Å²) in [6, 6.07) is 10.1. The third-order valence-electron chi connectivity index (χ3n) is 2.71. The molecule has 0 saturated heterocycles. The molecule has 0 aliphatic rings. The predicted molar refractivity (Wildman–Crippen MR) is 75.5 cm³/mol. The molecular weight excluding hydrogens is 226 g/mol. The molecule has 18 heavy (non-hydrogen) atoms. The van der Waals surface area contributed by atoms with Gasteiger partial charge in [-0.2, -0.15) is 0 Å². The average Bonchev–Trinajstić information content (AvgIpc) is 2.41. The first-order chi connectivity index (χ1) is 8.77. The normalized spacial score (nSPS) is 11.6. The van der Waals surface area contributed by atoms with E-state index >= 15 is 0 Å². The van der Waals surface area contributed by atoms with Gasteiger partial charge < -0.3 is 15.4 Å². The Morgan fingerprint density at radius 3 is 2.50 bits per heavy atom. The van der Waals surface area contributed by atoms with Crippen LogP contribution in [0.2, 0.25) is 0 Å². The lowest BCUT2D eigenvalue weighted by Crippen LogP contribution is -2.37. The Morgan fingerprint density at radius 1 is 1.22 bits per heavy atom. The zero-order valence-corrected chi connectivity index (χ0v) is 11.3. The molecule has 1 aromatic rings. The minimum Gasteiger partial charge on any atom is -0.375 e. The fourth-order valence-corrected chi connectivity index (χ4v) is 1.64. The van der Waals surface area contributed by atoms with Crippen LogP contribution in [0.25, 0.3) is 0 Å². The van der Waals surface area contributed by atoms with Gasteiger partial charge in [0, 0.05) is 13.1 Å². The molecule has 0 aromatic heterocycles. The van der Waals surface area contributed by atoms with E-state index in [1.807, 2.05) is 35.2 Å². The van der Waals surface area contributed by atoms with E-state index in [2.05, 4.69) is 18.8 Å². The van der Waals surface area contributed by atoms with Crippen LogP contribution in [-0.4, -0.2) is 37.1 Å². The second kappa shape index (κ2) is 8.53. The lowest BCUT2D eigenvalue weighted by Gasteiger charge is -2.19. The Bertz CT molecular complexity index is 347. The van der Waals surface area contributed by atoms with Crippen molar-refractivity contribution in [3.63, 3.8) is 0 Å². The van der Waals surface area contributed by atoms with E-state index in [0.717, 1.165) is 13.1 Å². The molecule has 2 N–H and O–H groups in total. The highest BCUT2D eigenvalue weighted by atomic mass is 16.5. The highest BCUT2D eigenvalue weighted by Crippen LogP contribution is 2.00. The molecule has 100 valence electrons. The van der Waals surface area contributed by atoms with E-state index in [4.69, 9.17) is 10.5 Å². The van der Waals surface area contributed by atoms with Crippen LogP contribution in [0.15, 0.2) is 35.3 Å². The Labute approximate surface area is 109 Å². The topological polar surface area (TPSA) is 50.8 Å². The molecule has 0 fully saturated rings. The monoisotopic (exact) mass is 249 g/mol. The largest absolute Gasteiger partial charge is 0.375 e. The van der Waals surface area contributed by atoms with Crippen LogP contribution < -0.4 is 5.73 Å². The van der Waals surface area contributed by atoms with Gasteiger partial charge in [-0.05, 0) is 19.4 Å². The third kappa shape index (κ3) is 5.19. The molecule has 0 bridgehead atoms. The van der Waals surface area contributed by atoms with Crippen LogP contribution in [0.4, 0.5) is 0 Å². The molecule has 0 saturated carbocycles. The number of hydrogen-bond donors (Lipinski definition) is 1. The number of nitrogens with two attached hydrogens (primary N) is 1. The Kier molecular flexibility index (Phi) is 6.87. The van der Waals surface area contributed by atoms with Crippen molar-refractivity contribution in [1.29, 1.82) is 0 Å². The number of ether oxygens (including phenoxy) is 1. The molecule has 0 atom stereocenters. The van der Waals surface area contributed by atoms with Gasteiger partial charge in [-0.15, -0.1) is 0 Å². The molecule has 1 aromatic carbocycles. The van der Waals surface area contributed by atoms with Crippen molar-refractivity contribution in [1.82, 2.24) is 4.90 Å². The number of hydrogen-bond acceptors (Lipinski definition) is 2. The number of benzene rings is 1. The highest BCUT2D eigenvalue weighted by Gasteiger charge is 2.00. The Hall–Kier alpha value is -1.55. The summed E-state index contributed by atoms with van der Waals surface area (Å²) in [5.74, 6) is 0.600. The van der Waals surface area contributed by atoms with Crippen LogP contribution >= 0.6 is 0 Å². The average molecular weight is 249 g/mol. The zero-order chi connectivity index (χ0) is 13.2. The van der Waals surface area contributed by atoms with Gasteiger partial charge in [0.1, 0.15) is 0 Å². The molecule has 0 aliphatic carbocycles. The standard InChI is InChI=1S/C14H23N3O/c1-3-17(4-2)14(15)16-10-11-18-12-13-8-6-5-7-9-13/h5-9H,3-4,10-12H2,1-2H3,(H2,15,16). The molecule has 0 spiro atoms. The van der Waals surface area contributed by atoms with E-state index in [0.29, 0.717) is 25.7 Å². The van der Waals surface area contributed by atoms with Crippen molar-refractivity contribution >= 4 is 5.96 Å². The van der Waals surface area contributed by atoms with Crippen LogP contribution in [0.3, 0.4) is 0 Å². The van der Waals surface area contributed by atoms with Crippen molar-refractivity contribution in [3.8, 4) is 0 Å². The van der Waals surface area contributed by atoms with Gasteiger partial charge in [0.25, 0.3) is 0 Å². The molecule has 0 heterocycles. The van der Waals surface area contributed by atoms with Crippen LogP contribution in [0.1, 0.15) is 19.4 Å². The molecule has 0 aliphatic heterocycles. The number of guanidine groups is 1. The molecule has 1 rings (SSSR count). The van der Waals surface area contributed by atoms with E-state index in [-0.39, 0.29) is 0 Å². The van der Waals surface area contributed by atoms with Crippen LogP contribution in [0, 0.1) is 0 Å². The summed E-state index contributed by atoms with van der Waals surface area (Å²) in [6.07, 6.45) is 0. The van der Waals surface area contributed by atoms with Gasteiger partial charge >= 0.3 is 0 Å². The van der Waals surface area contributed by atoms with Gasteiger partial charge in [0.05, 0.1) is 19.8 Å². The summed E-state index contributed by atoms with van der Waals surface area (Å²) in [6.45, 7) is 7.73. The zero-order valence-electron chi connectivity index (χ0n) is 11.3. The molecule has 0 amide bonds. The first-order valence-electron chi connectivity index (χ1n) is 6.44. The van der Waals surface area contributed by atoms with Crippen LogP contribution in [0.5, 0.6) is 0 Å². The molecule has 4 heteroatoms. The second-order valence-corrected chi connectivity index (χ2v) is 3.95. The van der Waals surface area contributed by atoms with Gasteiger partial charge in [-0.3, -0.25) is 4.99 Å². The smallest absolute Gasteiger partial charge is 0.191 e. The lowest BCUT2D eigenvalue weighted by molar-refractivity contribution is 0.128.